The first kappa shape index (κ1) is 14.4. The average Bonchev–Trinajstić information content (AvgIpc) is 2.13. The standard InChI is InChI=1S/C10H17Cl2N5/c1-6(2)7(5-17(3)4)13-10-15-8(11)14-9(12)16-10/h6-7H,5H2,1-4H3,(H,13,14,15,16). The quantitative estimate of drug-likeness (QED) is 0.894. The highest BCUT2D eigenvalue weighted by Gasteiger charge is 2.16. The Labute approximate surface area is 112 Å². The molecule has 17 heavy (non-hydrogen) atoms. The van der Waals surface area contributed by atoms with E-state index in [-0.39, 0.29) is 16.6 Å². The van der Waals surface area contributed by atoms with E-state index in [1.54, 1.807) is 0 Å². The van der Waals surface area contributed by atoms with Crippen LogP contribution in [0.3, 0.4) is 0 Å². The van der Waals surface area contributed by atoms with E-state index in [9.17, 15) is 0 Å². The summed E-state index contributed by atoms with van der Waals surface area (Å²) < 4.78 is 0. The summed E-state index contributed by atoms with van der Waals surface area (Å²) in [5.74, 6) is 0.849. The number of aromatic nitrogens is 3. The zero-order valence-electron chi connectivity index (χ0n) is 10.4. The lowest BCUT2D eigenvalue weighted by atomic mass is 10.0. The predicted octanol–water partition coefficient (Wildman–Crippen LogP) is 2.18. The molecule has 1 N–H and O–H groups in total. The molecule has 96 valence electrons. The number of nitrogens with one attached hydrogen (secondary N) is 1. The van der Waals surface area contributed by atoms with Crippen molar-refractivity contribution < 1.29 is 0 Å². The number of likely N-dealkylation sites (N-methyl/N-ethyl adjacent to an activating group) is 1. The number of hydrogen-bond donors (Lipinski definition) is 1. The van der Waals surface area contributed by atoms with Gasteiger partial charge in [-0.2, -0.15) is 15.0 Å². The number of hydrogen-bond acceptors (Lipinski definition) is 5. The first-order valence-electron chi connectivity index (χ1n) is 5.37. The van der Waals surface area contributed by atoms with Gasteiger partial charge in [0.05, 0.1) is 0 Å². The minimum absolute atomic E-state index is 0.0971. The van der Waals surface area contributed by atoms with E-state index < -0.39 is 0 Å². The Morgan fingerprint density at radius 3 is 2.06 bits per heavy atom. The molecule has 0 fully saturated rings. The van der Waals surface area contributed by atoms with E-state index in [1.807, 2.05) is 14.1 Å². The van der Waals surface area contributed by atoms with Crippen molar-refractivity contribution >= 4 is 29.2 Å². The molecule has 0 spiro atoms. The van der Waals surface area contributed by atoms with E-state index in [0.717, 1.165) is 6.54 Å². The number of anilines is 1. The monoisotopic (exact) mass is 277 g/mol. The van der Waals surface area contributed by atoms with Gasteiger partial charge in [0.1, 0.15) is 0 Å². The van der Waals surface area contributed by atoms with Gasteiger partial charge in [0.15, 0.2) is 0 Å². The van der Waals surface area contributed by atoms with Crippen molar-refractivity contribution in [1.29, 1.82) is 0 Å². The number of halogens is 2. The highest BCUT2D eigenvalue weighted by atomic mass is 35.5. The van der Waals surface area contributed by atoms with Crippen molar-refractivity contribution in [1.82, 2.24) is 19.9 Å². The second kappa shape index (κ2) is 6.33. The second-order valence-electron chi connectivity index (χ2n) is 4.45. The maximum absolute atomic E-state index is 5.72. The van der Waals surface area contributed by atoms with Crippen LogP contribution >= 0.6 is 23.2 Å². The van der Waals surface area contributed by atoms with E-state index in [1.165, 1.54) is 0 Å². The van der Waals surface area contributed by atoms with Gasteiger partial charge in [-0.25, -0.2) is 0 Å². The van der Waals surface area contributed by atoms with Crippen LogP contribution in [0.15, 0.2) is 0 Å². The molecule has 1 atom stereocenters. The van der Waals surface area contributed by atoms with Gasteiger partial charge < -0.3 is 10.2 Å². The van der Waals surface area contributed by atoms with E-state index in [4.69, 9.17) is 23.2 Å². The van der Waals surface area contributed by atoms with E-state index in [0.29, 0.717) is 11.9 Å². The van der Waals surface area contributed by atoms with Crippen LogP contribution in [-0.4, -0.2) is 46.5 Å². The normalized spacial score (nSPS) is 13.2. The zero-order valence-corrected chi connectivity index (χ0v) is 11.9. The lowest BCUT2D eigenvalue weighted by Gasteiger charge is -2.25. The van der Waals surface area contributed by atoms with Gasteiger partial charge in [0.25, 0.3) is 0 Å². The van der Waals surface area contributed by atoms with Gasteiger partial charge in [0, 0.05) is 12.6 Å². The van der Waals surface area contributed by atoms with Crippen LogP contribution in [0.25, 0.3) is 0 Å². The molecule has 5 nitrogen and oxygen atoms in total. The topological polar surface area (TPSA) is 53.9 Å². The van der Waals surface area contributed by atoms with Gasteiger partial charge in [0.2, 0.25) is 16.5 Å². The molecule has 7 heteroatoms. The Balaban J connectivity index is 2.78. The molecule has 1 heterocycles. The second-order valence-corrected chi connectivity index (χ2v) is 5.13. The fourth-order valence-corrected chi connectivity index (χ4v) is 1.74. The maximum atomic E-state index is 5.72. The molecule has 0 saturated carbocycles. The SMILES string of the molecule is CC(C)C(CN(C)C)Nc1nc(Cl)nc(Cl)n1. The maximum Gasteiger partial charge on any atom is 0.228 e. The first-order chi connectivity index (χ1) is 7.88. The third kappa shape index (κ3) is 5.02. The molecular weight excluding hydrogens is 261 g/mol. The summed E-state index contributed by atoms with van der Waals surface area (Å²) in [5.41, 5.74) is 0. The Kier molecular flexibility index (Phi) is 5.36. The molecule has 0 aliphatic rings. The third-order valence-electron chi connectivity index (χ3n) is 2.26. The van der Waals surface area contributed by atoms with Crippen molar-refractivity contribution in [2.75, 3.05) is 26.0 Å². The molecule has 1 aromatic rings. The van der Waals surface area contributed by atoms with Gasteiger partial charge in [-0.1, -0.05) is 13.8 Å². The molecular formula is C10H17Cl2N5. The fourth-order valence-electron chi connectivity index (χ4n) is 1.37. The van der Waals surface area contributed by atoms with Crippen LogP contribution in [-0.2, 0) is 0 Å². The van der Waals surface area contributed by atoms with Gasteiger partial charge in [-0.3, -0.25) is 0 Å². The predicted molar refractivity (Wildman–Crippen MR) is 70.6 cm³/mol. The largest absolute Gasteiger partial charge is 0.350 e. The summed E-state index contributed by atoms with van der Waals surface area (Å²) in [7, 11) is 4.04. The van der Waals surface area contributed by atoms with Crippen LogP contribution in [0.5, 0.6) is 0 Å². The van der Waals surface area contributed by atoms with Crippen molar-refractivity contribution in [2.45, 2.75) is 19.9 Å². The Morgan fingerprint density at radius 2 is 1.65 bits per heavy atom. The Morgan fingerprint density at radius 1 is 1.12 bits per heavy atom. The molecule has 0 amide bonds. The minimum atomic E-state index is 0.0971. The van der Waals surface area contributed by atoms with Gasteiger partial charge in [-0.05, 0) is 43.2 Å². The van der Waals surface area contributed by atoms with E-state index in [2.05, 4.69) is 39.0 Å². The number of nitrogens with zero attached hydrogens (tertiary/aromatic N) is 4. The highest BCUT2D eigenvalue weighted by molar-refractivity contribution is 6.31. The minimum Gasteiger partial charge on any atom is -0.350 e. The lowest BCUT2D eigenvalue weighted by molar-refractivity contribution is 0.343. The Bertz CT molecular complexity index is 349. The first-order valence-corrected chi connectivity index (χ1v) is 6.12. The van der Waals surface area contributed by atoms with Gasteiger partial charge in [-0.15, -0.1) is 0 Å². The summed E-state index contributed by atoms with van der Waals surface area (Å²) in [5, 5.41) is 3.41. The highest BCUT2D eigenvalue weighted by Crippen LogP contribution is 2.13. The van der Waals surface area contributed by atoms with Crippen LogP contribution < -0.4 is 5.32 Å². The summed E-state index contributed by atoms with van der Waals surface area (Å²) in [6, 6.07) is 0.222. The van der Waals surface area contributed by atoms with Crippen LogP contribution in [0.4, 0.5) is 5.95 Å². The summed E-state index contributed by atoms with van der Waals surface area (Å²) in [4.78, 5) is 13.8. The zero-order chi connectivity index (χ0) is 13.0. The summed E-state index contributed by atoms with van der Waals surface area (Å²) >= 11 is 11.4. The fraction of sp³-hybridized carbons (Fsp3) is 0.700. The molecule has 0 aliphatic heterocycles. The smallest absolute Gasteiger partial charge is 0.228 e. The third-order valence-corrected chi connectivity index (χ3v) is 2.60. The Hall–Kier alpha value is -0.650. The number of rotatable bonds is 5. The average molecular weight is 278 g/mol. The van der Waals surface area contributed by atoms with Gasteiger partial charge >= 0.3 is 0 Å². The van der Waals surface area contributed by atoms with Crippen molar-refractivity contribution in [3.8, 4) is 0 Å². The van der Waals surface area contributed by atoms with Crippen LogP contribution in [0.2, 0.25) is 10.6 Å². The molecule has 0 bridgehead atoms. The van der Waals surface area contributed by atoms with Crippen molar-refractivity contribution in [3.05, 3.63) is 10.6 Å². The van der Waals surface area contributed by atoms with Crippen LogP contribution in [0.1, 0.15) is 13.8 Å². The molecule has 1 aromatic heterocycles. The summed E-state index contributed by atoms with van der Waals surface area (Å²) in [6.07, 6.45) is 0. The molecule has 1 unspecified atom stereocenters. The van der Waals surface area contributed by atoms with E-state index >= 15 is 0 Å². The van der Waals surface area contributed by atoms with Crippen molar-refractivity contribution in [3.63, 3.8) is 0 Å². The molecule has 0 aromatic carbocycles. The molecule has 1 rings (SSSR count). The molecule has 0 radical (unpaired) electrons. The molecule has 0 saturated heterocycles. The van der Waals surface area contributed by atoms with Crippen molar-refractivity contribution in [2.24, 2.45) is 5.92 Å². The summed E-state index contributed by atoms with van der Waals surface area (Å²) in [6.45, 7) is 5.13. The lowest BCUT2D eigenvalue weighted by Crippen LogP contribution is -2.37. The molecule has 0 aliphatic carbocycles. The van der Waals surface area contributed by atoms with Crippen LogP contribution in [0, 0.1) is 5.92 Å².